The van der Waals surface area contributed by atoms with Gasteiger partial charge in [-0.3, -0.25) is 4.79 Å². The first kappa shape index (κ1) is 16.6. The molecule has 0 aliphatic heterocycles. The number of aliphatic hydroxyl groups excluding tert-OH is 1. The van der Waals surface area contributed by atoms with Gasteiger partial charge in [-0.1, -0.05) is 23.2 Å². The predicted molar refractivity (Wildman–Crippen MR) is 73.2 cm³/mol. The summed E-state index contributed by atoms with van der Waals surface area (Å²) in [6.45, 7) is 0.827. The number of carbonyl (C=O) groups excluding carboxylic acids is 1. The predicted octanol–water partition coefficient (Wildman–Crippen LogP) is 1.32. The molecule has 0 spiro atoms. The molecule has 3 N–H and O–H groups in total. The number of aliphatic carboxylic acids is 1. The first-order valence-electron chi connectivity index (χ1n) is 5.59. The molecular weight excluding hydrogens is 309 g/mol. The minimum absolute atomic E-state index is 0.232. The lowest BCUT2D eigenvalue weighted by atomic mass is 10.2. The molecule has 0 aliphatic carbocycles. The number of rotatable bonds is 6. The molecule has 0 heterocycles. The summed E-state index contributed by atoms with van der Waals surface area (Å²) < 4.78 is 5.14. The van der Waals surface area contributed by atoms with E-state index in [1.807, 2.05) is 0 Å². The van der Waals surface area contributed by atoms with Crippen molar-refractivity contribution >= 4 is 35.1 Å². The van der Waals surface area contributed by atoms with Gasteiger partial charge in [0.25, 0.3) is 5.91 Å². The summed E-state index contributed by atoms with van der Waals surface area (Å²) in [4.78, 5) is 22.3. The first-order chi connectivity index (χ1) is 9.31. The Morgan fingerprint density at radius 2 is 2.05 bits per heavy atom. The van der Waals surface area contributed by atoms with Gasteiger partial charge in [0.2, 0.25) is 0 Å². The maximum absolute atomic E-state index is 11.5. The second kappa shape index (κ2) is 7.33. The van der Waals surface area contributed by atoms with Gasteiger partial charge in [-0.15, -0.1) is 0 Å². The van der Waals surface area contributed by atoms with Gasteiger partial charge in [0.15, 0.2) is 12.6 Å². The lowest BCUT2D eigenvalue weighted by Crippen LogP contribution is -2.49. The summed E-state index contributed by atoms with van der Waals surface area (Å²) in [5.41, 5.74) is 0. The van der Waals surface area contributed by atoms with E-state index in [0.717, 1.165) is 0 Å². The second-order valence-electron chi connectivity index (χ2n) is 3.99. The Kier molecular flexibility index (Phi) is 6.06. The van der Waals surface area contributed by atoms with Gasteiger partial charge in [0.1, 0.15) is 5.75 Å². The number of nitrogens with one attached hydrogen (secondary N) is 1. The SMILES string of the molecule is CC(O)C(NC(=O)COc1ccc(Cl)cc1Cl)C(=O)O. The fourth-order valence-corrected chi connectivity index (χ4v) is 1.80. The third-order valence-electron chi connectivity index (χ3n) is 2.32. The molecule has 6 nitrogen and oxygen atoms in total. The van der Waals surface area contributed by atoms with Crippen LogP contribution in [0.25, 0.3) is 0 Å². The molecule has 8 heteroatoms. The van der Waals surface area contributed by atoms with Gasteiger partial charge >= 0.3 is 5.97 Å². The summed E-state index contributed by atoms with van der Waals surface area (Å²) in [5.74, 6) is -1.78. The Bertz CT molecular complexity index is 507. The van der Waals surface area contributed by atoms with E-state index in [2.05, 4.69) is 5.32 Å². The Balaban J connectivity index is 2.57. The van der Waals surface area contributed by atoms with Crippen molar-refractivity contribution in [2.45, 2.75) is 19.1 Å². The van der Waals surface area contributed by atoms with Crippen LogP contribution in [0.5, 0.6) is 5.75 Å². The van der Waals surface area contributed by atoms with Crippen LogP contribution in [0.1, 0.15) is 6.92 Å². The number of ether oxygens (including phenoxy) is 1. The number of carboxylic acids is 1. The van der Waals surface area contributed by atoms with Crippen LogP contribution in [-0.4, -0.2) is 40.8 Å². The van der Waals surface area contributed by atoms with Crippen LogP contribution in [0.2, 0.25) is 10.0 Å². The summed E-state index contributed by atoms with van der Waals surface area (Å²) in [5, 5.41) is 20.8. The van der Waals surface area contributed by atoms with E-state index in [-0.39, 0.29) is 10.8 Å². The summed E-state index contributed by atoms with van der Waals surface area (Å²) >= 11 is 11.6. The van der Waals surface area contributed by atoms with Gasteiger partial charge < -0.3 is 20.3 Å². The molecule has 0 aromatic heterocycles. The van der Waals surface area contributed by atoms with Crippen LogP contribution in [0, 0.1) is 0 Å². The summed E-state index contributed by atoms with van der Waals surface area (Å²) in [6, 6.07) is 3.08. The fourth-order valence-electron chi connectivity index (χ4n) is 1.34. The number of halogens is 2. The van der Waals surface area contributed by atoms with Crippen LogP contribution in [-0.2, 0) is 9.59 Å². The molecule has 0 radical (unpaired) electrons. The zero-order valence-electron chi connectivity index (χ0n) is 10.5. The van der Waals surface area contributed by atoms with Crippen molar-refractivity contribution in [2.24, 2.45) is 0 Å². The Morgan fingerprint density at radius 1 is 1.40 bits per heavy atom. The van der Waals surface area contributed by atoms with Gasteiger partial charge in [0, 0.05) is 5.02 Å². The number of hydrogen-bond donors (Lipinski definition) is 3. The number of hydrogen-bond acceptors (Lipinski definition) is 4. The third-order valence-corrected chi connectivity index (χ3v) is 2.85. The number of carbonyl (C=O) groups is 2. The van der Waals surface area contributed by atoms with Crippen molar-refractivity contribution in [1.29, 1.82) is 0 Å². The third kappa shape index (κ3) is 4.88. The smallest absolute Gasteiger partial charge is 0.328 e. The average molecular weight is 322 g/mol. The van der Waals surface area contributed by atoms with E-state index in [4.69, 9.17) is 33.0 Å². The molecule has 0 saturated heterocycles. The van der Waals surface area contributed by atoms with E-state index in [9.17, 15) is 14.7 Å². The van der Waals surface area contributed by atoms with Crippen molar-refractivity contribution in [3.63, 3.8) is 0 Å². The minimum Gasteiger partial charge on any atom is -0.482 e. The molecule has 0 bridgehead atoms. The molecule has 1 aromatic carbocycles. The highest BCUT2D eigenvalue weighted by Gasteiger charge is 2.25. The molecule has 2 atom stereocenters. The van der Waals surface area contributed by atoms with Crippen LogP contribution in [0.3, 0.4) is 0 Å². The topological polar surface area (TPSA) is 95.9 Å². The number of carboxylic acid groups (broad SMARTS) is 1. The molecule has 1 aromatic rings. The van der Waals surface area contributed by atoms with Crippen molar-refractivity contribution in [3.05, 3.63) is 28.2 Å². The van der Waals surface area contributed by atoms with Crippen LogP contribution < -0.4 is 10.1 Å². The maximum Gasteiger partial charge on any atom is 0.328 e. The van der Waals surface area contributed by atoms with Crippen LogP contribution in [0.15, 0.2) is 18.2 Å². The standard InChI is InChI=1S/C12H13Cl2NO5/c1-6(16)11(12(18)19)15-10(17)5-20-9-3-2-7(13)4-8(9)14/h2-4,6,11,16H,5H2,1H3,(H,15,17)(H,18,19). The largest absolute Gasteiger partial charge is 0.482 e. The molecular formula is C12H13Cl2NO5. The van der Waals surface area contributed by atoms with E-state index >= 15 is 0 Å². The molecule has 0 saturated carbocycles. The van der Waals surface area contributed by atoms with Crippen molar-refractivity contribution in [1.82, 2.24) is 5.32 Å². The fraction of sp³-hybridized carbons (Fsp3) is 0.333. The zero-order valence-corrected chi connectivity index (χ0v) is 12.0. The lowest BCUT2D eigenvalue weighted by molar-refractivity contribution is -0.145. The summed E-state index contributed by atoms with van der Waals surface area (Å²) in [7, 11) is 0. The quantitative estimate of drug-likeness (QED) is 0.734. The zero-order chi connectivity index (χ0) is 15.3. The van der Waals surface area contributed by atoms with Gasteiger partial charge in [-0.2, -0.15) is 0 Å². The average Bonchev–Trinajstić information content (AvgIpc) is 2.34. The van der Waals surface area contributed by atoms with E-state index in [1.165, 1.54) is 25.1 Å². The Morgan fingerprint density at radius 3 is 2.55 bits per heavy atom. The highest BCUT2D eigenvalue weighted by atomic mass is 35.5. The van der Waals surface area contributed by atoms with Gasteiger partial charge in [-0.05, 0) is 25.1 Å². The molecule has 1 rings (SSSR count). The number of benzene rings is 1. The van der Waals surface area contributed by atoms with Crippen LogP contribution in [0.4, 0.5) is 0 Å². The van der Waals surface area contributed by atoms with E-state index < -0.39 is 30.6 Å². The second-order valence-corrected chi connectivity index (χ2v) is 4.83. The first-order valence-corrected chi connectivity index (χ1v) is 6.35. The maximum atomic E-state index is 11.5. The van der Waals surface area contributed by atoms with Gasteiger partial charge in [-0.25, -0.2) is 4.79 Å². The molecule has 20 heavy (non-hydrogen) atoms. The van der Waals surface area contributed by atoms with Crippen LogP contribution >= 0.6 is 23.2 Å². The van der Waals surface area contributed by atoms with Crippen molar-refractivity contribution < 1.29 is 24.5 Å². The minimum atomic E-state index is -1.40. The number of aliphatic hydroxyl groups is 1. The molecule has 0 fully saturated rings. The van der Waals surface area contributed by atoms with E-state index in [0.29, 0.717) is 5.02 Å². The number of amides is 1. The Labute approximate surface area is 125 Å². The molecule has 110 valence electrons. The normalized spacial score (nSPS) is 13.4. The van der Waals surface area contributed by atoms with E-state index in [1.54, 1.807) is 0 Å². The highest BCUT2D eigenvalue weighted by molar-refractivity contribution is 6.35. The molecule has 2 unspecified atom stereocenters. The molecule has 1 amide bonds. The Hall–Kier alpha value is -1.50. The van der Waals surface area contributed by atoms with Crippen molar-refractivity contribution in [3.8, 4) is 5.75 Å². The monoisotopic (exact) mass is 321 g/mol. The van der Waals surface area contributed by atoms with Crippen molar-refractivity contribution in [2.75, 3.05) is 6.61 Å². The highest BCUT2D eigenvalue weighted by Crippen LogP contribution is 2.27. The molecule has 0 aliphatic rings. The van der Waals surface area contributed by atoms with Gasteiger partial charge in [0.05, 0.1) is 11.1 Å². The summed E-state index contributed by atoms with van der Waals surface area (Å²) in [6.07, 6.45) is -1.23. The lowest BCUT2D eigenvalue weighted by Gasteiger charge is -2.17.